The van der Waals surface area contributed by atoms with Gasteiger partial charge in [0.05, 0.1) is 0 Å². The van der Waals surface area contributed by atoms with Crippen LogP contribution in [0, 0.1) is 0 Å². The summed E-state index contributed by atoms with van der Waals surface area (Å²) in [5.41, 5.74) is 0. The van der Waals surface area contributed by atoms with Crippen molar-refractivity contribution in [2.75, 3.05) is 5.08 Å². The molecule has 1 aliphatic heterocycles. The van der Waals surface area contributed by atoms with Gasteiger partial charge in [0.1, 0.15) is 0 Å². The molecule has 0 N–H and O–H groups in total. The molecule has 0 nitrogen and oxygen atoms in total. The minimum absolute atomic E-state index is 1.19. The molecule has 74 valence electrons. The van der Waals surface area contributed by atoms with Crippen molar-refractivity contribution in [3.05, 3.63) is 24.3 Å². The van der Waals surface area contributed by atoms with Gasteiger partial charge in [-0.25, -0.2) is 0 Å². The molecule has 0 atom stereocenters. The predicted octanol–water partition coefficient (Wildman–Crippen LogP) is 4.89. The van der Waals surface area contributed by atoms with Crippen LogP contribution in [0.3, 0.4) is 0 Å². The van der Waals surface area contributed by atoms with Gasteiger partial charge in [-0.3, -0.25) is 0 Å². The molecule has 0 bridgehead atoms. The SMILES string of the molecule is CC.CC.c1ccc2c(c1)SCS2. The summed E-state index contributed by atoms with van der Waals surface area (Å²) in [5.74, 6) is 0. The Morgan fingerprint density at radius 3 is 1.62 bits per heavy atom. The van der Waals surface area contributed by atoms with E-state index in [-0.39, 0.29) is 0 Å². The van der Waals surface area contributed by atoms with Gasteiger partial charge in [0, 0.05) is 14.9 Å². The van der Waals surface area contributed by atoms with E-state index in [1.807, 2.05) is 51.2 Å². The quantitative estimate of drug-likeness (QED) is 0.603. The van der Waals surface area contributed by atoms with Gasteiger partial charge in [-0.15, -0.1) is 23.5 Å². The standard InChI is InChI=1S/C7H6S2.2C2H6/c1-2-4-7-6(3-1)8-5-9-7;2*1-2/h1-4H,5H2;2*1-2H3. The number of hydrogen-bond donors (Lipinski definition) is 0. The van der Waals surface area contributed by atoms with Crippen molar-refractivity contribution < 1.29 is 0 Å². The Kier molecular flexibility index (Phi) is 8.46. The van der Waals surface area contributed by atoms with Gasteiger partial charge in [0.15, 0.2) is 0 Å². The van der Waals surface area contributed by atoms with E-state index in [1.165, 1.54) is 14.9 Å². The van der Waals surface area contributed by atoms with Crippen molar-refractivity contribution in [1.82, 2.24) is 0 Å². The van der Waals surface area contributed by atoms with Crippen LogP contribution in [0.2, 0.25) is 0 Å². The molecule has 2 heteroatoms. The lowest BCUT2D eigenvalue weighted by Crippen LogP contribution is -1.65. The monoisotopic (exact) mass is 214 g/mol. The molecule has 0 amide bonds. The van der Waals surface area contributed by atoms with Crippen LogP contribution in [-0.4, -0.2) is 5.08 Å². The van der Waals surface area contributed by atoms with Gasteiger partial charge in [0.2, 0.25) is 0 Å². The summed E-state index contributed by atoms with van der Waals surface area (Å²) in [5, 5.41) is 1.19. The summed E-state index contributed by atoms with van der Waals surface area (Å²) in [6, 6.07) is 8.55. The zero-order valence-electron chi connectivity index (χ0n) is 8.83. The molecule has 2 rings (SSSR count). The molecule has 1 aromatic carbocycles. The first-order chi connectivity index (χ1) is 6.47. The van der Waals surface area contributed by atoms with Gasteiger partial charge >= 0.3 is 0 Å². The van der Waals surface area contributed by atoms with Crippen LogP contribution in [0.5, 0.6) is 0 Å². The largest absolute Gasteiger partial charge is 0.114 e. The number of rotatable bonds is 0. The van der Waals surface area contributed by atoms with Crippen molar-refractivity contribution in [1.29, 1.82) is 0 Å². The summed E-state index contributed by atoms with van der Waals surface area (Å²) in [6.07, 6.45) is 0. The number of hydrogen-bond acceptors (Lipinski definition) is 2. The Morgan fingerprint density at radius 2 is 1.23 bits per heavy atom. The Labute approximate surface area is 90.5 Å². The molecule has 1 heterocycles. The Balaban J connectivity index is 0.000000322. The first-order valence-electron chi connectivity index (χ1n) is 4.81. The van der Waals surface area contributed by atoms with Gasteiger partial charge in [-0.1, -0.05) is 39.8 Å². The first kappa shape index (κ1) is 12.9. The third-order valence-electron chi connectivity index (χ3n) is 1.28. The highest BCUT2D eigenvalue weighted by Gasteiger charge is 2.08. The molecular formula is C11H18S2. The maximum atomic E-state index is 2.18. The van der Waals surface area contributed by atoms with Crippen molar-refractivity contribution in [3.63, 3.8) is 0 Å². The zero-order chi connectivity index (χ0) is 10.1. The summed E-state index contributed by atoms with van der Waals surface area (Å²) >= 11 is 3.86. The molecule has 0 fully saturated rings. The highest BCUT2D eigenvalue weighted by atomic mass is 32.2. The fourth-order valence-corrected chi connectivity index (χ4v) is 3.22. The predicted molar refractivity (Wildman–Crippen MR) is 65.7 cm³/mol. The molecule has 0 saturated carbocycles. The summed E-state index contributed by atoms with van der Waals surface area (Å²) in [7, 11) is 0. The molecule has 0 aliphatic carbocycles. The molecule has 0 unspecified atom stereocenters. The summed E-state index contributed by atoms with van der Waals surface area (Å²) < 4.78 is 0. The summed E-state index contributed by atoms with van der Waals surface area (Å²) in [4.78, 5) is 2.89. The molecule has 0 aromatic heterocycles. The smallest absolute Gasteiger partial charge is 0.0487 e. The average Bonchev–Trinajstić information content (AvgIpc) is 2.71. The van der Waals surface area contributed by atoms with Crippen LogP contribution in [0.15, 0.2) is 34.1 Å². The van der Waals surface area contributed by atoms with Crippen LogP contribution in [0.4, 0.5) is 0 Å². The van der Waals surface area contributed by atoms with E-state index >= 15 is 0 Å². The Bertz CT molecular complexity index is 198. The molecule has 0 spiro atoms. The van der Waals surface area contributed by atoms with E-state index in [0.29, 0.717) is 0 Å². The molecule has 1 aromatic rings. The van der Waals surface area contributed by atoms with Gasteiger partial charge in [-0.05, 0) is 12.1 Å². The topological polar surface area (TPSA) is 0 Å². The van der Waals surface area contributed by atoms with Crippen LogP contribution >= 0.6 is 23.5 Å². The maximum Gasteiger partial charge on any atom is 0.0487 e. The maximum absolute atomic E-state index is 2.18. The Hall–Kier alpha value is -0.0800. The van der Waals surface area contributed by atoms with Crippen LogP contribution < -0.4 is 0 Å². The average molecular weight is 214 g/mol. The van der Waals surface area contributed by atoms with Gasteiger partial charge < -0.3 is 0 Å². The third-order valence-corrected chi connectivity index (χ3v) is 3.68. The molecular weight excluding hydrogens is 196 g/mol. The fourth-order valence-electron chi connectivity index (χ4n) is 0.845. The van der Waals surface area contributed by atoms with E-state index in [2.05, 4.69) is 24.3 Å². The second kappa shape index (κ2) is 8.52. The lowest BCUT2D eigenvalue weighted by Gasteiger charge is -1.90. The van der Waals surface area contributed by atoms with E-state index in [1.54, 1.807) is 0 Å². The van der Waals surface area contributed by atoms with Gasteiger partial charge in [0.25, 0.3) is 0 Å². The van der Waals surface area contributed by atoms with Crippen LogP contribution in [0.1, 0.15) is 27.7 Å². The lowest BCUT2D eigenvalue weighted by atomic mass is 10.4. The number of fused-ring (bicyclic) bond motifs is 1. The van der Waals surface area contributed by atoms with Crippen LogP contribution in [0.25, 0.3) is 0 Å². The van der Waals surface area contributed by atoms with Crippen LogP contribution in [-0.2, 0) is 0 Å². The van der Waals surface area contributed by atoms with Crippen molar-refractivity contribution in [2.45, 2.75) is 37.5 Å². The Morgan fingerprint density at radius 1 is 0.846 bits per heavy atom. The zero-order valence-corrected chi connectivity index (χ0v) is 10.5. The number of thioether (sulfide) groups is 2. The normalized spacial score (nSPS) is 11.7. The molecule has 1 aliphatic rings. The highest BCUT2D eigenvalue weighted by Crippen LogP contribution is 2.40. The first-order valence-corrected chi connectivity index (χ1v) is 6.78. The fraction of sp³-hybridized carbons (Fsp3) is 0.455. The molecule has 0 saturated heterocycles. The molecule has 13 heavy (non-hydrogen) atoms. The van der Waals surface area contributed by atoms with E-state index in [9.17, 15) is 0 Å². The van der Waals surface area contributed by atoms with Gasteiger partial charge in [-0.2, -0.15) is 0 Å². The van der Waals surface area contributed by atoms with Crippen molar-refractivity contribution in [2.24, 2.45) is 0 Å². The molecule has 0 radical (unpaired) electrons. The second-order valence-electron chi connectivity index (χ2n) is 1.85. The minimum Gasteiger partial charge on any atom is -0.114 e. The van der Waals surface area contributed by atoms with E-state index < -0.39 is 0 Å². The van der Waals surface area contributed by atoms with Crippen molar-refractivity contribution in [3.8, 4) is 0 Å². The number of benzene rings is 1. The summed E-state index contributed by atoms with van der Waals surface area (Å²) in [6.45, 7) is 8.00. The second-order valence-corrected chi connectivity index (χ2v) is 4.25. The van der Waals surface area contributed by atoms with Crippen molar-refractivity contribution >= 4 is 23.5 Å². The van der Waals surface area contributed by atoms with E-state index in [0.717, 1.165) is 0 Å². The highest BCUT2D eigenvalue weighted by molar-refractivity contribution is 8.18. The third kappa shape index (κ3) is 4.10. The lowest BCUT2D eigenvalue weighted by molar-refractivity contribution is 1.27. The minimum atomic E-state index is 1.19. The van der Waals surface area contributed by atoms with E-state index in [4.69, 9.17) is 0 Å².